The maximum absolute atomic E-state index is 13.9. The third-order valence-electron chi connectivity index (χ3n) is 6.38. The van der Waals surface area contributed by atoms with Gasteiger partial charge < -0.3 is 5.73 Å². The number of carbonyl (C=O) groups excluding carboxylic acids is 1. The Kier molecular flexibility index (Phi) is 4.15. The molecular weight excluding hydrogens is 355 g/mol. The maximum atomic E-state index is 13.9. The first-order valence-corrected chi connectivity index (χ1v) is 9.50. The molecule has 4 rings (SSSR count). The summed E-state index contributed by atoms with van der Waals surface area (Å²) in [5.41, 5.74) is 6.36. The molecule has 5 nitrogen and oxygen atoms in total. The number of amides is 1. The number of hydrogen-bond donors (Lipinski definition) is 1. The van der Waals surface area contributed by atoms with Crippen molar-refractivity contribution in [3.63, 3.8) is 0 Å². The molecule has 0 bridgehead atoms. The fraction of sp³-hybridized carbons (Fsp3) is 0.409. The lowest BCUT2D eigenvalue weighted by Gasteiger charge is -2.43. The van der Waals surface area contributed by atoms with Gasteiger partial charge in [0.15, 0.2) is 5.96 Å². The van der Waals surface area contributed by atoms with Gasteiger partial charge in [-0.1, -0.05) is 30.4 Å². The molecule has 3 atom stereocenters. The van der Waals surface area contributed by atoms with Crippen LogP contribution in [0.3, 0.4) is 0 Å². The maximum Gasteiger partial charge on any atom is 0.235 e. The summed E-state index contributed by atoms with van der Waals surface area (Å²) >= 11 is 0. The van der Waals surface area contributed by atoms with Crippen LogP contribution in [0.5, 0.6) is 0 Å². The molecule has 1 heterocycles. The predicted octanol–water partition coefficient (Wildman–Crippen LogP) is 3.25. The molecule has 144 valence electrons. The van der Waals surface area contributed by atoms with E-state index in [4.69, 9.17) is 5.73 Å². The van der Waals surface area contributed by atoms with Gasteiger partial charge in [0.05, 0.1) is 22.9 Å². The molecule has 2 N–H and O–H groups in total. The third-order valence-corrected chi connectivity index (χ3v) is 6.38. The molecule has 1 fully saturated rings. The van der Waals surface area contributed by atoms with E-state index < -0.39 is 11.5 Å². The number of aliphatic imine (C=N–C) groups is 1. The first-order valence-electron chi connectivity index (χ1n) is 9.50. The van der Waals surface area contributed by atoms with E-state index in [2.05, 4.69) is 17.1 Å². The molecule has 1 aromatic rings. The fourth-order valence-electron chi connectivity index (χ4n) is 4.42. The SMILES string of the molecule is CN1C(=O)C([C@@H]2C=CC(C3(C#N)CC3)=CC2)[C@@](C)(c2cccc(F)c2)N=C1N. The Balaban J connectivity index is 1.73. The summed E-state index contributed by atoms with van der Waals surface area (Å²) in [6.45, 7) is 1.84. The first kappa shape index (κ1) is 18.4. The Labute approximate surface area is 164 Å². The highest BCUT2D eigenvalue weighted by molar-refractivity contribution is 6.00. The van der Waals surface area contributed by atoms with Crippen LogP contribution in [0.2, 0.25) is 0 Å². The van der Waals surface area contributed by atoms with Gasteiger partial charge in [0.2, 0.25) is 5.91 Å². The molecule has 2 aliphatic carbocycles. The summed E-state index contributed by atoms with van der Waals surface area (Å²) in [6.07, 6.45) is 8.47. The van der Waals surface area contributed by atoms with E-state index in [0.717, 1.165) is 18.4 Å². The number of benzene rings is 1. The van der Waals surface area contributed by atoms with Gasteiger partial charge in [0, 0.05) is 7.05 Å². The smallest absolute Gasteiger partial charge is 0.235 e. The molecule has 28 heavy (non-hydrogen) atoms. The van der Waals surface area contributed by atoms with Gasteiger partial charge in [-0.05, 0) is 55.4 Å². The zero-order chi connectivity index (χ0) is 20.1. The lowest BCUT2D eigenvalue weighted by molar-refractivity contribution is -0.135. The van der Waals surface area contributed by atoms with Crippen molar-refractivity contribution in [3.05, 3.63) is 59.4 Å². The van der Waals surface area contributed by atoms with Crippen molar-refractivity contribution in [2.75, 3.05) is 7.05 Å². The third kappa shape index (κ3) is 2.73. The second-order valence-electron chi connectivity index (χ2n) is 8.11. The average Bonchev–Trinajstić information content (AvgIpc) is 3.48. The predicted molar refractivity (Wildman–Crippen MR) is 104 cm³/mol. The van der Waals surface area contributed by atoms with Crippen molar-refractivity contribution in [2.24, 2.45) is 28.0 Å². The standard InChI is InChI=1S/C22H23FN4O/c1-21(16-4-3-5-17(23)12-16)18(19(28)27(2)20(25)26-21)14-6-8-15(9-7-14)22(13-24)10-11-22/h3-6,8-9,12,14,18H,7,10-11H2,1-2H3,(H2,25,26)/t14-,18?,21-/m1/s1. The Morgan fingerprint density at radius 3 is 2.71 bits per heavy atom. The molecule has 0 radical (unpaired) electrons. The fourth-order valence-corrected chi connectivity index (χ4v) is 4.42. The van der Waals surface area contributed by atoms with Crippen LogP contribution < -0.4 is 5.73 Å². The molecule has 1 amide bonds. The number of carbonyl (C=O) groups is 1. The van der Waals surface area contributed by atoms with Crippen LogP contribution in [-0.2, 0) is 10.3 Å². The minimum atomic E-state index is -0.970. The van der Waals surface area contributed by atoms with Gasteiger partial charge in [0.25, 0.3) is 0 Å². The molecule has 0 aromatic heterocycles. The summed E-state index contributed by atoms with van der Waals surface area (Å²) in [5.74, 6) is -1.00. The number of nitrogens with two attached hydrogens (primary N) is 1. The average molecular weight is 378 g/mol. The molecule has 1 saturated carbocycles. The van der Waals surface area contributed by atoms with Gasteiger partial charge in [0.1, 0.15) is 5.82 Å². The van der Waals surface area contributed by atoms with Crippen molar-refractivity contribution in [1.82, 2.24) is 4.90 Å². The number of halogens is 1. The molecule has 1 aromatic carbocycles. The normalized spacial score (nSPS) is 31.1. The number of nitrogens with zero attached hydrogens (tertiary/aromatic N) is 3. The van der Waals surface area contributed by atoms with E-state index in [9.17, 15) is 14.4 Å². The molecule has 0 spiro atoms. The lowest BCUT2D eigenvalue weighted by Crippen LogP contribution is -2.55. The summed E-state index contributed by atoms with van der Waals surface area (Å²) < 4.78 is 13.9. The van der Waals surface area contributed by atoms with Gasteiger partial charge in [-0.15, -0.1) is 0 Å². The molecular formula is C22H23FN4O. The summed E-state index contributed by atoms with van der Waals surface area (Å²) in [6, 6.07) is 8.62. The zero-order valence-electron chi connectivity index (χ0n) is 16.0. The zero-order valence-corrected chi connectivity index (χ0v) is 16.0. The highest BCUT2D eigenvalue weighted by Gasteiger charge is 2.51. The second-order valence-corrected chi connectivity index (χ2v) is 8.11. The number of allylic oxidation sites excluding steroid dienone is 4. The minimum absolute atomic E-state index is 0.113. The molecule has 1 aliphatic heterocycles. The van der Waals surface area contributed by atoms with Crippen LogP contribution in [0.15, 0.2) is 53.1 Å². The Morgan fingerprint density at radius 2 is 2.14 bits per heavy atom. The second kappa shape index (κ2) is 6.30. The number of guanidine groups is 1. The minimum Gasteiger partial charge on any atom is -0.369 e. The summed E-state index contributed by atoms with van der Waals surface area (Å²) in [7, 11) is 1.61. The van der Waals surface area contributed by atoms with Gasteiger partial charge in [-0.3, -0.25) is 9.69 Å². The summed E-state index contributed by atoms with van der Waals surface area (Å²) in [5, 5.41) is 9.43. The molecule has 1 unspecified atom stereocenters. The van der Waals surface area contributed by atoms with Crippen LogP contribution in [0.1, 0.15) is 31.7 Å². The van der Waals surface area contributed by atoms with Crippen LogP contribution in [0, 0.1) is 34.4 Å². The largest absolute Gasteiger partial charge is 0.369 e. The van der Waals surface area contributed by atoms with Crippen molar-refractivity contribution in [3.8, 4) is 6.07 Å². The van der Waals surface area contributed by atoms with E-state index in [1.54, 1.807) is 19.2 Å². The Morgan fingerprint density at radius 1 is 1.39 bits per heavy atom. The topological polar surface area (TPSA) is 82.5 Å². The van der Waals surface area contributed by atoms with Gasteiger partial charge in [-0.25, -0.2) is 9.38 Å². The van der Waals surface area contributed by atoms with E-state index in [-0.39, 0.29) is 29.0 Å². The van der Waals surface area contributed by atoms with E-state index in [1.165, 1.54) is 17.0 Å². The van der Waals surface area contributed by atoms with E-state index in [0.29, 0.717) is 12.0 Å². The monoisotopic (exact) mass is 378 g/mol. The Hall–Kier alpha value is -2.94. The van der Waals surface area contributed by atoms with Crippen LogP contribution in [0.25, 0.3) is 0 Å². The highest BCUT2D eigenvalue weighted by Crippen LogP contribution is 2.53. The molecule has 6 heteroatoms. The molecule has 3 aliphatic rings. The van der Waals surface area contributed by atoms with Gasteiger partial charge >= 0.3 is 0 Å². The van der Waals surface area contributed by atoms with Crippen molar-refractivity contribution < 1.29 is 9.18 Å². The Bertz CT molecular complexity index is 969. The van der Waals surface area contributed by atoms with Gasteiger partial charge in [-0.2, -0.15) is 5.26 Å². The quantitative estimate of drug-likeness (QED) is 0.876. The van der Waals surface area contributed by atoms with Crippen molar-refractivity contribution >= 4 is 11.9 Å². The van der Waals surface area contributed by atoms with E-state index in [1.807, 2.05) is 19.1 Å². The lowest BCUT2D eigenvalue weighted by atomic mass is 9.69. The number of rotatable bonds is 3. The van der Waals surface area contributed by atoms with Crippen molar-refractivity contribution in [1.29, 1.82) is 5.26 Å². The number of hydrogen-bond acceptors (Lipinski definition) is 4. The highest BCUT2D eigenvalue weighted by atomic mass is 19.1. The first-order chi connectivity index (χ1) is 13.3. The van der Waals surface area contributed by atoms with Crippen LogP contribution in [0.4, 0.5) is 4.39 Å². The molecule has 0 saturated heterocycles. The van der Waals surface area contributed by atoms with Crippen molar-refractivity contribution in [2.45, 2.75) is 31.7 Å². The summed E-state index contributed by atoms with van der Waals surface area (Å²) in [4.78, 5) is 19.2. The number of nitriles is 1. The van der Waals surface area contributed by atoms with Crippen LogP contribution >= 0.6 is 0 Å². The van der Waals surface area contributed by atoms with E-state index >= 15 is 0 Å². The van der Waals surface area contributed by atoms with Crippen LogP contribution in [-0.4, -0.2) is 23.8 Å².